The van der Waals surface area contributed by atoms with Gasteiger partial charge in [0.2, 0.25) is 5.91 Å². The van der Waals surface area contributed by atoms with Crippen molar-refractivity contribution in [2.75, 3.05) is 6.54 Å². The van der Waals surface area contributed by atoms with E-state index in [1.54, 1.807) is 6.92 Å². The highest BCUT2D eigenvalue weighted by molar-refractivity contribution is 5.79. The number of halogens is 2. The van der Waals surface area contributed by atoms with E-state index in [0.717, 1.165) is 5.56 Å². The third-order valence-electron chi connectivity index (χ3n) is 3.85. The topological polar surface area (TPSA) is 67.2 Å². The molecule has 1 amide bonds. The Kier molecular flexibility index (Phi) is 6.03. The molecule has 2 N–H and O–H groups in total. The molecular formula is C17H21F2N3O2. The highest BCUT2D eigenvalue weighted by Crippen LogP contribution is 2.19. The molecule has 2 aromatic rings. The molecular weight excluding hydrogens is 316 g/mol. The van der Waals surface area contributed by atoms with Crippen molar-refractivity contribution in [1.29, 1.82) is 0 Å². The Morgan fingerprint density at radius 2 is 1.96 bits per heavy atom. The average molecular weight is 337 g/mol. The Morgan fingerprint density at radius 3 is 2.54 bits per heavy atom. The lowest BCUT2D eigenvalue weighted by Crippen LogP contribution is -2.34. The van der Waals surface area contributed by atoms with Crippen LogP contribution in [-0.4, -0.2) is 33.4 Å². The molecule has 0 bridgehead atoms. The maximum Gasteiger partial charge on any atom is 0.333 e. The predicted molar refractivity (Wildman–Crippen MR) is 85.8 cm³/mol. The van der Waals surface area contributed by atoms with E-state index >= 15 is 0 Å². The van der Waals surface area contributed by atoms with E-state index in [4.69, 9.17) is 0 Å². The normalized spacial score (nSPS) is 12.4. The first-order valence-corrected chi connectivity index (χ1v) is 7.70. The van der Waals surface area contributed by atoms with E-state index in [0.29, 0.717) is 22.4 Å². The van der Waals surface area contributed by atoms with Gasteiger partial charge in [-0.3, -0.25) is 4.79 Å². The van der Waals surface area contributed by atoms with Gasteiger partial charge in [-0.15, -0.1) is 0 Å². The van der Waals surface area contributed by atoms with Crippen LogP contribution in [0.4, 0.5) is 8.78 Å². The van der Waals surface area contributed by atoms with E-state index in [1.807, 2.05) is 30.3 Å². The summed E-state index contributed by atoms with van der Waals surface area (Å²) in [6.07, 6.45) is -0.312. The van der Waals surface area contributed by atoms with Gasteiger partial charge in [0.05, 0.1) is 18.2 Å². The lowest BCUT2D eigenvalue weighted by atomic mass is 10.1. The van der Waals surface area contributed by atoms with Crippen LogP contribution in [0.25, 0.3) is 0 Å². The fraction of sp³-hybridized carbons (Fsp3) is 0.412. The van der Waals surface area contributed by atoms with Gasteiger partial charge in [-0.05, 0) is 19.4 Å². The van der Waals surface area contributed by atoms with E-state index in [9.17, 15) is 18.7 Å². The number of alkyl halides is 2. The molecule has 0 saturated heterocycles. The zero-order chi connectivity index (χ0) is 17.7. The summed E-state index contributed by atoms with van der Waals surface area (Å²) in [5.74, 6) is -0.331. The molecule has 1 atom stereocenters. The van der Waals surface area contributed by atoms with Gasteiger partial charge in [-0.1, -0.05) is 30.3 Å². The Hall–Kier alpha value is -2.28. The van der Waals surface area contributed by atoms with Crippen molar-refractivity contribution in [3.05, 3.63) is 52.8 Å². The summed E-state index contributed by atoms with van der Waals surface area (Å²) in [6.45, 7) is 0.486. The van der Waals surface area contributed by atoms with Crippen molar-refractivity contribution in [3.8, 4) is 0 Å². The van der Waals surface area contributed by atoms with Crippen molar-refractivity contribution in [1.82, 2.24) is 15.1 Å². The lowest BCUT2D eigenvalue weighted by molar-refractivity contribution is -0.120. The molecule has 0 aliphatic carbocycles. The van der Waals surface area contributed by atoms with E-state index in [-0.39, 0.29) is 24.6 Å². The summed E-state index contributed by atoms with van der Waals surface area (Å²) >= 11 is 0. The third-order valence-corrected chi connectivity index (χ3v) is 3.85. The largest absolute Gasteiger partial charge is 0.391 e. The summed E-state index contributed by atoms with van der Waals surface area (Å²) in [6, 6.07) is 9.45. The van der Waals surface area contributed by atoms with Crippen LogP contribution in [-0.2, 0) is 17.6 Å². The molecule has 0 aliphatic rings. The highest BCUT2D eigenvalue weighted by Gasteiger charge is 2.19. The highest BCUT2D eigenvalue weighted by atomic mass is 19.3. The molecule has 0 aliphatic heterocycles. The second-order valence-electron chi connectivity index (χ2n) is 5.70. The Labute approximate surface area is 139 Å². The number of hydrogen-bond acceptors (Lipinski definition) is 3. The molecule has 130 valence electrons. The molecule has 1 heterocycles. The summed E-state index contributed by atoms with van der Waals surface area (Å²) in [5, 5.41) is 16.4. The zero-order valence-electron chi connectivity index (χ0n) is 13.7. The molecule has 7 heteroatoms. The molecule has 0 saturated carbocycles. The molecule has 0 fully saturated rings. The lowest BCUT2D eigenvalue weighted by Gasteiger charge is -2.12. The third kappa shape index (κ3) is 4.61. The number of aromatic nitrogens is 2. The Bertz CT molecular complexity index is 687. The van der Waals surface area contributed by atoms with E-state index in [1.165, 1.54) is 6.92 Å². The molecule has 1 aromatic heterocycles. The Morgan fingerprint density at radius 1 is 1.29 bits per heavy atom. The van der Waals surface area contributed by atoms with Crippen molar-refractivity contribution >= 4 is 5.91 Å². The number of aliphatic hydroxyl groups excluding tert-OH is 1. The molecule has 0 unspecified atom stereocenters. The van der Waals surface area contributed by atoms with Gasteiger partial charge in [-0.2, -0.15) is 13.9 Å². The summed E-state index contributed by atoms with van der Waals surface area (Å²) < 4.78 is 26.2. The van der Waals surface area contributed by atoms with Crippen molar-refractivity contribution < 1.29 is 18.7 Å². The van der Waals surface area contributed by atoms with Crippen LogP contribution in [0.1, 0.15) is 29.1 Å². The summed E-state index contributed by atoms with van der Waals surface area (Å²) in [4.78, 5) is 12.0. The standard InChI is InChI=1S/C17H21F2N3O2/c1-11-15(12(2)22(21-11)17(18)19)9-16(24)20-10-14(23)8-13-6-4-3-5-7-13/h3-7,14,17,23H,8-10H2,1-2H3,(H,20,24)/t14-/m1/s1. The van der Waals surface area contributed by atoms with Gasteiger partial charge in [-0.25, -0.2) is 4.68 Å². The minimum Gasteiger partial charge on any atom is -0.391 e. The van der Waals surface area contributed by atoms with Crippen molar-refractivity contribution in [2.45, 2.75) is 39.3 Å². The SMILES string of the molecule is Cc1nn(C(F)F)c(C)c1CC(=O)NC[C@H](O)Cc1ccccc1. The Balaban J connectivity index is 1.87. The fourth-order valence-corrected chi connectivity index (χ4v) is 2.56. The first kappa shape index (κ1) is 18.1. The molecule has 1 aromatic carbocycles. The number of carbonyl (C=O) groups is 1. The second kappa shape index (κ2) is 8.01. The van der Waals surface area contributed by atoms with Crippen LogP contribution in [0.5, 0.6) is 0 Å². The summed E-state index contributed by atoms with van der Waals surface area (Å²) in [5.41, 5.74) is 2.16. The van der Waals surface area contributed by atoms with E-state index in [2.05, 4.69) is 10.4 Å². The minimum absolute atomic E-state index is 0.0392. The van der Waals surface area contributed by atoms with Gasteiger partial charge in [0.1, 0.15) is 0 Å². The number of benzene rings is 1. The first-order valence-electron chi connectivity index (χ1n) is 7.70. The van der Waals surface area contributed by atoms with Crippen LogP contribution in [0.2, 0.25) is 0 Å². The van der Waals surface area contributed by atoms with Crippen molar-refractivity contribution in [2.24, 2.45) is 0 Å². The fourth-order valence-electron chi connectivity index (χ4n) is 2.56. The van der Waals surface area contributed by atoms with Gasteiger partial charge in [0, 0.05) is 24.2 Å². The second-order valence-corrected chi connectivity index (χ2v) is 5.70. The molecule has 2 rings (SSSR count). The maximum absolute atomic E-state index is 12.8. The molecule has 24 heavy (non-hydrogen) atoms. The van der Waals surface area contributed by atoms with Crippen LogP contribution in [0.15, 0.2) is 30.3 Å². The first-order chi connectivity index (χ1) is 11.4. The number of nitrogens with one attached hydrogen (secondary N) is 1. The predicted octanol–water partition coefficient (Wildman–Crippen LogP) is 2.16. The summed E-state index contributed by atoms with van der Waals surface area (Å²) in [7, 11) is 0. The smallest absolute Gasteiger partial charge is 0.333 e. The van der Waals surface area contributed by atoms with Crippen molar-refractivity contribution in [3.63, 3.8) is 0 Å². The zero-order valence-corrected chi connectivity index (χ0v) is 13.7. The minimum atomic E-state index is -2.73. The number of carbonyl (C=O) groups excluding carboxylic acids is 1. The number of aliphatic hydroxyl groups is 1. The number of rotatable bonds is 7. The van der Waals surface area contributed by atoms with Gasteiger partial charge < -0.3 is 10.4 Å². The quantitative estimate of drug-likeness (QED) is 0.814. The molecule has 0 spiro atoms. The van der Waals surface area contributed by atoms with Crippen LogP contribution in [0, 0.1) is 13.8 Å². The maximum atomic E-state index is 12.8. The number of hydrogen-bond donors (Lipinski definition) is 2. The van der Waals surface area contributed by atoms with Crippen LogP contribution >= 0.6 is 0 Å². The average Bonchev–Trinajstić information content (AvgIpc) is 2.82. The van der Waals surface area contributed by atoms with Crippen LogP contribution < -0.4 is 5.32 Å². The monoisotopic (exact) mass is 337 g/mol. The van der Waals surface area contributed by atoms with E-state index < -0.39 is 12.7 Å². The number of amides is 1. The van der Waals surface area contributed by atoms with Crippen LogP contribution in [0.3, 0.4) is 0 Å². The number of aryl methyl sites for hydroxylation is 1. The molecule has 5 nitrogen and oxygen atoms in total. The van der Waals surface area contributed by atoms with Gasteiger partial charge in [0.25, 0.3) is 0 Å². The van der Waals surface area contributed by atoms with Gasteiger partial charge >= 0.3 is 6.55 Å². The van der Waals surface area contributed by atoms with Gasteiger partial charge in [0.15, 0.2) is 0 Å². The molecule has 0 radical (unpaired) electrons. The number of nitrogens with zero attached hydrogens (tertiary/aromatic N) is 2.